The predicted octanol–water partition coefficient (Wildman–Crippen LogP) is 2.14. The molecule has 0 aliphatic rings. The Balaban J connectivity index is 0.00000400. The molecule has 109 valence electrons. The summed E-state index contributed by atoms with van der Waals surface area (Å²) in [7, 11) is 1.46. The Labute approximate surface area is 184 Å². The molecule has 0 aromatic heterocycles. The first-order valence-corrected chi connectivity index (χ1v) is 8.39. The molecular formula is C11H9I3N2NaO4. The van der Waals surface area contributed by atoms with E-state index in [1.54, 1.807) is 0 Å². The average molecular weight is 637 g/mol. The van der Waals surface area contributed by atoms with E-state index in [4.69, 9.17) is 0 Å². The molecule has 1 aromatic carbocycles. The summed E-state index contributed by atoms with van der Waals surface area (Å²) in [6.45, 7) is 1.32. The maximum absolute atomic E-state index is 12.0. The van der Waals surface area contributed by atoms with Gasteiger partial charge in [-0.15, -0.1) is 0 Å². The normalized spacial score (nSPS) is 9.57. The van der Waals surface area contributed by atoms with Crippen molar-refractivity contribution in [1.82, 2.24) is 5.32 Å². The molecule has 0 aliphatic carbocycles. The summed E-state index contributed by atoms with van der Waals surface area (Å²) < 4.78 is 1.25. The molecule has 3 N–H and O–H groups in total. The molecule has 0 saturated heterocycles. The van der Waals surface area contributed by atoms with Gasteiger partial charge < -0.3 is 15.7 Å². The molecule has 1 rings (SSSR count). The molecule has 0 aliphatic heterocycles. The number of rotatable bonds is 3. The summed E-state index contributed by atoms with van der Waals surface area (Å²) in [5.74, 6) is -1.88. The molecule has 1 aromatic rings. The number of carbonyl (C=O) groups is 3. The number of carbonyl (C=O) groups excluding carboxylic acids is 2. The average Bonchev–Trinajstić information content (AvgIpc) is 2.33. The zero-order chi connectivity index (χ0) is 15.6. The van der Waals surface area contributed by atoms with Gasteiger partial charge in [-0.1, -0.05) is 0 Å². The van der Waals surface area contributed by atoms with E-state index in [9.17, 15) is 19.5 Å². The zero-order valence-corrected chi connectivity index (χ0v) is 19.8. The SMILES string of the molecule is CNC(=O)c1c(I)c(NC(C)=O)c(I)c(C(=O)O)c1I.[Na]. The predicted molar refractivity (Wildman–Crippen MR) is 105 cm³/mol. The smallest absolute Gasteiger partial charge is 0.337 e. The van der Waals surface area contributed by atoms with Gasteiger partial charge in [0.15, 0.2) is 0 Å². The van der Waals surface area contributed by atoms with Crippen LogP contribution in [0.2, 0.25) is 0 Å². The molecule has 0 unspecified atom stereocenters. The Morgan fingerprint density at radius 3 is 1.86 bits per heavy atom. The van der Waals surface area contributed by atoms with Crippen molar-refractivity contribution in [2.45, 2.75) is 6.92 Å². The van der Waals surface area contributed by atoms with Gasteiger partial charge >= 0.3 is 5.97 Å². The minimum absolute atomic E-state index is 0. The third-order valence-corrected chi connectivity index (χ3v) is 5.52. The largest absolute Gasteiger partial charge is 0.478 e. The molecule has 0 fully saturated rings. The fourth-order valence-corrected chi connectivity index (χ4v) is 5.85. The number of anilines is 1. The monoisotopic (exact) mass is 637 g/mol. The molecule has 1 radical (unpaired) electrons. The zero-order valence-electron chi connectivity index (χ0n) is 11.3. The van der Waals surface area contributed by atoms with Gasteiger partial charge in [0, 0.05) is 47.1 Å². The van der Waals surface area contributed by atoms with Gasteiger partial charge in [-0.2, -0.15) is 0 Å². The van der Waals surface area contributed by atoms with Crippen molar-refractivity contribution in [3.05, 3.63) is 21.8 Å². The number of carboxylic acids is 1. The Morgan fingerprint density at radius 2 is 1.48 bits per heavy atom. The third kappa shape index (κ3) is 4.89. The fraction of sp³-hybridized carbons (Fsp3) is 0.182. The van der Waals surface area contributed by atoms with Crippen LogP contribution in [-0.2, 0) is 4.79 Å². The summed E-state index contributed by atoms with van der Waals surface area (Å²) in [4.78, 5) is 34.6. The maximum atomic E-state index is 12.0. The quantitative estimate of drug-likeness (QED) is 0.350. The number of amides is 2. The van der Waals surface area contributed by atoms with Crippen molar-refractivity contribution in [2.75, 3.05) is 12.4 Å². The standard InChI is InChI=1S/C11H9I3N2O4.Na/c1-3(17)16-9-7(13)4(10(18)15-2)6(12)5(8(9)14)11(19)20;/h1-2H3,(H,15,18)(H,16,17)(H,19,20);. The molecular weight excluding hydrogens is 628 g/mol. The summed E-state index contributed by atoms with van der Waals surface area (Å²) in [5, 5.41) is 14.4. The summed E-state index contributed by atoms with van der Waals surface area (Å²) in [5.41, 5.74) is 0.597. The number of benzene rings is 1. The number of halogens is 3. The van der Waals surface area contributed by atoms with E-state index >= 15 is 0 Å². The molecule has 0 saturated carbocycles. The van der Waals surface area contributed by atoms with Crippen molar-refractivity contribution in [3.63, 3.8) is 0 Å². The molecule has 21 heavy (non-hydrogen) atoms. The van der Waals surface area contributed by atoms with Crippen molar-refractivity contribution in [1.29, 1.82) is 0 Å². The second-order valence-corrected chi connectivity index (χ2v) is 6.87. The molecule has 0 bridgehead atoms. The van der Waals surface area contributed by atoms with Crippen LogP contribution in [0, 0.1) is 10.7 Å². The first kappa shape index (κ1) is 21.8. The van der Waals surface area contributed by atoms with Crippen LogP contribution >= 0.6 is 67.8 Å². The molecule has 0 atom stereocenters. The van der Waals surface area contributed by atoms with E-state index in [2.05, 4.69) is 10.6 Å². The van der Waals surface area contributed by atoms with Crippen LogP contribution in [0.15, 0.2) is 0 Å². The second kappa shape index (κ2) is 9.20. The van der Waals surface area contributed by atoms with Gasteiger partial charge in [-0.3, -0.25) is 9.59 Å². The van der Waals surface area contributed by atoms with Crippen LogP contribution in [0.3, 0.4) is 0 Å². The fourth-order valence-electron chi connectivity index (χ4n) is 1.46. The number of nitrogens with one attached hydrogen (secondary N) is 2. The summed E-state index contributed by atoms with van der Waals surface area (Å²) >= 11 is 5.61. The second-order valence-electron chi connectivity index (χ2n) is 3.63. The van der Waals surface area contributed by atoms with Gasteiger partial charge in [0.1, 0.15) is 0 Å². The van der Waals surface area contributed by atoms with Crippen molar-refractivity contribution < 1.29 is 19.5 Å². The van der Waals surface area contributed by atoms with Gasteiger partial charge in [0.2, 0.25) is 5.91 Å². The molecule has 0 spiro atoms. The maximum Gasteiger partial charge on any atom is 0.337 e. The van der Waals surface area contributed by atoms with Crippen LogP contribution in [0.5, 0.6) is 0 Å². The number of aromatic carboxylic acids is 1. The minimum Gasteiger partial charge on any atom is -0.478 e. The third-order valence-electron chi connectivity index (χ3n) is 2.29. The molecule has 6 nitrogen and oxygen atoms in total. The van der Waals surface area contributed by atoms with Crippen molar-refractivity contribution in [3.8, 4) is 0 Å². The number of hydrogen-bond acceptors (Lipinski definition) is 3. The number of hydrogen-bond donors (Lipinski definition) is 3. The Bertz CT molecular complexity index is 622. The first-order chi connectivity index (χ1) is 9.22. The van der Waals surface area contributed by atoms with Crippen LogP contribution in [0.25, 0.3) is 0 Å². The first-order valence-electron chi connectivity index (χ1n) is 5.15. The summed E-state index contributed by atoms with van der Waals surface area (Å²) in [6, 6.07) is 0. The molecule has 10 heteroatoms. The Kier molecular flexibility index (Phi) is 9.56. The van der Waals surface area contributed by atoms with E-state index in [0.29, 0.717) is 16.4 Å². The van der Waals surface area contributed by atoms with Crippen LogP contribution in [0.4, 0.5) is 5.69 Å². The van der Waals surface area contributed by atoms with Gasteiger partial charge in [0.05, 0.1) is 24.0 Å². The van der Waals surface area contributed by atoms with Crippen molar-refractivity contribution >= 4 is 121 Å². The van der Waals surface area contributed by atoms with E-state index in [1.165, 1.54) is 14.0 Å². The molecule has 2 amide bonds. The van der Waals surface area contributed by atoms with Crippen LogP contribution in [0.1, 0.15) is 27.6 Å². The van der Waals surface area contributed by atoms with Gasteiger partial charge in [-0.05, 0) is 67.8 Å². The summed E-state index contributed by atoms with van der Waals surface area (Å²) in [6.07, 6.45) is 0. The van der Waals surface area contributed by atoms with E-state index < -0.39 is 11.9 Å². The van der Waals surface area contributed by atoms with Crippen LogP contribution in [-0.4, -0.2) is 59.5 Å². The van der Waals surface area contributed by atoms with E-state index in [-0.39, 0.29) is 46.6 Å². The van der Waals surface area contributed by atoms with Crippen molar-refractivity contribution in [2.24, 2.45) is 0 Å². The number of carboxylic acid groups (broad SMARTS) is 1. The van der Waals surface area contributed by atoms with Gasteiger partial charge in [0.25, 0.3) is 5.91 Å². The van der Waals surface area contributed by atoms with Gasteiger partial charge in [-0.25, -0.2) is 4.79 Å². The topological polar surface area (TPSA) is 95.5 Å². The Morgan fingerprint density at radius 1 is 1.00 bits per heavy atom. The Hall–Kier alpha value is 0.820. The van der Waals surface area contributed by atoms with Crippen LogP contribution < -0.4 is 10.6 Å². The van der Waals surface area contributed by atoms with E-state index in [1.807, 2.05) is 67.8 Å². The van der Waals surface area contributed by atoms with E-state index in [0.717, 1.165) is 0 Å². The molecule has 0 heterocycles. The minimum atomic E-state index is -1.15.